The van der Waals surface area contributed by atoms with Crippen molar-refractivity contribution in [1.82, 2.24) is 0 Å². The third-order valence-electron chi connectivity index (χ3n) is 3.84. The number of nitriles is 1. The number of nitrogens with zero attached hydrogens (tertiary/aromatic N) is 1. The summed E-state index contributed by atoms with van der Waals surface area (Å²) in [6.45, 7) is 0. The zero-order valence-electron chi connectivity index (χ0n) is 13.4. The van der Waals surface area contributed by atoms with E-state index < -0.39 is 0 Å². The predicted octanol–water partition coefficient (Wildman–Crippen LogP) is 4.07. The molecule has 0 aromatic heterocycles. The van der Waals surface area contributed by atoms with E-state index in [2.05, 4.69) is 6.07 Å². The van der Waals surface area contributed by atoms with Crippen LogP contribution in [-0.2, 0) is 4.79 Å². The molecule has 0 spiro atoms. The highest BCUT2D eigenvalue weighted by Gasteiger charge is 2.31. The van der Waals surface area contributed by atoms with Crippen LogP contribution in [0.25, 0.3) is 11.6 Å². The van der Waals surface area contributed by atoms with Crippen LogP contribution in [0.1, 0.15) is 24.0 Å². The second-order valence-electron chi connectivity index (χ2n) is 5.63. The number of benzene rings is 2. The Hall–Kier alpha value is -3.06. The van der Waals surface area contributed by atoms with Crippen molar-refractivity contribution < 1.29 is 14.3 Å². The Morgan fingerprint density at radius 1 is 1.17 bits per heavy atom. The van der Waals surface area contributed by atoms with Gasteiger partial charge in [0, 0.05) is 5.56 Å². The van der Waals surface area contributed by atoms with Gasteiger partial charge < -0.3 is 9.47 Å². The Morgan fingerprint density at radius 2 is 1.88 bits per heavy atom. The molecule has 4 nitrogen and oxygen atoms in total. The molecule has 0 aliphatic heterocycles. The van der Waals surface area contributed by atoms with E-state index in [0.29, 0.717) is 17.1 Å². The van der Waals surface area contributed by atoms with Gasteiger partial charge in [-0.15, -0.1) is 0 Å². The Morgan fingerprint density at radius 3 is 2.50 bits per heavy atom. The van der Waals surface area contributed by atoms with Crippen LogP contribution in [0.5, 0.6) is 11.5 Å². The van der Waals surface area contributed by atoms with Gasteiger partial charge in [-0.1, -0.05) is 24.3 Å². The van der Waals surface area contributed by atoms with Gasteiger partial charge in [0.2, 0.25) is 0 Å². The van der Waals surface area contributed by atoms with E-state index in [1.165, 1.54) is 0 Å². The number of rotatable bonds is 5. The SMILES string of the molecule is COc1ccccc1/C(C#N)=C\c1ccc(OC(=O)C2CC2)cc1. The molecule has 1 fully saturated rings. The molecule has 1 aliphatic rings. The molecule has 1 saturated carbocycles. The van der Waals surface area contributed by atoms with Crippen molar-refractivity contribution in [3.8, 4) is 17.6 Å². The van der Waals surface area contributed by atoms with Gasteiger partial charge in [0.15, 0.2) is 0 Å². The van der Waals surface area contributed by atoms with Gasteiger partial charge in [-0.3, -0.25) is 4.79 Å². The predicted molar refractivity (Wildman–Crippen MR) is 91.3 cm³/mol. The Balaban J connectivity index is 1.81. The number of hydrogen-bond donors (Lipinski definition) is 0. The maximum atomic E-state index is 11.6. The normalized spacial score (nSPS) is 13.9. The van der Waals surface area contributed by atoms with E-state index in [4.69, 9.17) is 9.47 Å². The summed E-state index contributed by atoms with van der Waals surface area (Å²) >= 11 is 0. The lowest BCUT2D eigenvalue weighted by Gasteiger charge is -2.07. The zero-order valence-corrected chi connectivity index (χ0v) is 13.4. The van der Waals surface area contributed by atoms with Crippen molar-refractivity contribution in [3.63, 3.8) is 0 Å². The molecule has 0 bridgehead atoms. The molecule has 120 valence electrons. The fraction of sp³-hybridized carbons (Fsp3) is 0.200. The van der Waals surface area contributed by atoms with E-state index >= 15 is 0 Å². The van der Waals surface area contributed by atoms with Crippen molar-refractivity contribution in [2.75, 3.05) is 7.11 Å². The largest absolute Gasteiger partial charge is 0.496 e. The van der Waals surface area contributed by atoms with Crippen molar-refractivity contribution >= 4 is 17.6 Å². The van der Waals surface area contributed by atoms with Crippen LogP contribution in [0, 0.1) is 17.2 Å². The fourth-order valence-corrected chi connectivity index (χ4v) is 2.35. The monoisotopic (exact) mass is 319 g/mol. The first kappa shape index (κ1) is 15.8. The first-order valence-electron chi connectivity index (χ1n) is 7.78. The minimum absolute atomic E-state index is 0.0697. The van der Waals surface area contributed by atoms with Crippen molar-refractivity contribution in [2.24, 2.45) is 5.92 Å². The van der Waals surface area contributed by atoms with Gasteiger partial charge in [0.25, 0.3) is 0 Å². The molecule has 0 amide bonds. The summed E-state index contributed by atoms with van der Waals surface area (Å²) in [4.78, 5) is 11.6. The number of ether oxygens (including phenoxy) is 2. The van der Waals surface area contributed by atoms with Crippen LogP contribution in [0.3, 0.4) is 0 Å². The van der Waals surface area contributed by atoms with Crippen LogP contribution in [0.2, 0.25) is 0 Å². The standard InChI is InChI=1S/C20H17NO3/c1-23-19-5-3-2-4-18(19)16(13-21)12-14-6-10-17(11-7-14)24-20(22)15-8-9-15/h2-7,10-12,15H,8-9H2,1H3/b16-12-. The lowest BCUT2D eigenvalue weighted by molar-refractivity contribution is -0.135. The molecule has 0 radical (unpaired) electrons. The van der Waals surface area contributed by atoms with Gasteiger partial charge in [-0.05, 0) is 48.7 Å². The summed E-state index contributed by atoms with van der Waals surface area (Å²) in [5.74, 6) is 1.09. The van der Waals surface area contributed by atoms with Crippen LogP contribution in [-0.4, -0.2) is 13.1 Å². The molecule has 0 N–H and O–H groups in total. The first-order valence-corrected chi connectivity index (χ1v) is 7.78. The highest BCUT2D eigenvalue weighted by Crippen LogP contribution is 2.31. The number of carbonyl (C=O) groups excluding carboxylic acids is 1. The maximum Gasteiger partial charge on any atom is 0.314 e. The van der Waals surface area contributed by atoms with Crippen LogP contribution in [0.15, 0.2) is 48.5 Å². The molecule has 0 atom stereocenters. The molecule has 0 heterocycles. The van der Waals surface area contributed by atoms with E-state index in [1.807, 2.05) is 36.4 Å². The molecule has 4 heteroatoms. The lowest BCUT2D eigenvalue weighted by Crippen LogP contribution is -2.09. The summed E-state index contributed by atoms with van der Waals surface area (Å²) in [7, 11) is 1.58. The molecule has 2 aromatic carbocycles. The summed E-state index contributed by atoms with van der Waals surface area (Å²) < 4.78 is 10.6. The molecule has 1 aliphatic carbocycles. The van der Waals surface area contributed by atoms with Crippen molar-refractivity contribution in [1.29, 1.82) is 5.26 Å². The van der Waals surface area contributed by atoms with Crippen LogP contribution in [0.4, 0.5) is 0 Å². The topological polar surface area (TPSA) is 59.3 Å². The van der Waals surface area contributed by atoms with E-state index in [1.54, 1.807) is 25.3 Å². The third kappa shape index (κ3) is 3.64. The first-order chi connectivity index (χ1) is 11.7. The number of carbonyl (C=O) groups is 1. The second kappa shape index (κ2) is 7.01. The summed E-state index contributed by atoms with van der Waals surface area (Å²) in [6.07, 6.45) is 3.62. The molecule has 3 rings (SSSR count). The molecular weight excluding hydrogens is 302 g/mol. The molecular formula is C20H17NO3. The maximum absolute atomic E-state index is 11.6. The highest BCUT2D eigenvalue weighted by atomic mass is 16.5. The quantitative estimate of drug-likeness (QED) is 0.361. The fourth-order valence-electron chi connectivity index (χ4n) is 2.35. The molecule has 24 heavy (non-hydrogen) atoms. The second-order valence-corrected chi connectivity index (χ2v) is 5.63. The Kier molecular flexibility index (Phi) is 4.62. The Labute approximate surface area is 140 Å². The number of methoxy groups -OCH3 is 1. The van der Waals surface area contributed by atoms with Gasteiger partial charge >= 0.3 is 5.97 Å². The van der Waals surface area contributed by atoms with E-state index in [-0.39, 0.29) is 11.9 Å². The average Bonchev–Trinajstić information content (AvgIpc) is 3.46. The van der Waals surface area contributed by atoms with Gasteiger partial charge in [0.05, 0.1) is 24.7 Å². The van der Waals surface area contributed by atoms with Gasteiger partial charge in [-0.25, -0.2) is 0 Å². The third-order valence-corrected chi connectivity index (χ3v) is 3.84. The van der Waals surface area contributed by atoms with Crippen LogP contribution >= 0.6 is 0 Å². The van der Waals surface area contributed by atoms with E-state index in [9.17, 15) is 10.1 Å². The summed E-state index contributed by atoms with van der Waals surface area (Å²) in [6, 6.07) is 16.7. The highest BCUT2D eigenvalue weighted by molar-refractivity contribution is 5.91. The average molecular weight is 319 g/mol. The Bertz CT molecular complexity index is 812. The number of allylic oxidation sites excluding steroid dienone is 1. The van der Waals surface area contributed by atoms with Crippen molar-refractivity contribution in [2.45, 2.75) is 12.8 Å². The smallest absolute Gasteiger partial charge is 0.314 e. The number of esters is 1. The molecule has 0 saturated heterocycles. The van der Waals surface area contributed by atoms with Crippen LogP contribution < -0.4 is 9.47 Å². The van der Waals surface area contributed by atoms with Gasteiger partial charge in [0.1, 0.15) is 11.5 Å². The summed E-state index contributed by atoms with van der Waals surface area (Å²) in [5, 5.41) is 9.46. The molecule has 2 aromatic rings. The van der Waals surface area contributed by atoms with Crippen molar-refractivity contribution in [3.05, 3.63) is 59.7 Å². The minimum Gasteiger partial charge on any atom is -0.496 e. The minimum atomic E-state index is -0.162. The van der Waals surface area contributed by atoms with Gasteiger partial charge in [-0.2, -0.15) is 5.26 Å². The summed E-state index contributed by atoms with van der Waals surface area (Å²) in [5.41, 5.74) is 2.10. The zero-order chi connectivity index (χ0) is 16.9. The molecule has 0 unspecified atom stereocenters. The number of hydrogen-bond acceptors (Lipinski definition) is 4. The van der Waals surface area contributed by atoms with E-state index in [0.717, 1.165) is 24.0 Å². The number of para-hydroxylation sites is 1. The lowest BCUT2D eigenvalue weighted by atomic mass is 10.0.